The Morgan fingerprint density at radius 1 is 1.03 bits per heavy atom. The highest BCUT2D eigenvalue weighted by Crippen LogP contribution is 2.35. The molecule has 0 radical (unpaired) electrons. The molecule has 0 aliphatic carbocycles. The maximum atomic E-state index is 12.7. The predicted molar refractivity (Wildman–Crippen MR) is 121 cm³/mol. The highest BCUT2D eigenvalue weighted by molar-refractivity contribution is 7.89. The predicted octanol–water partition coefficient (Wildman–Crippen LogP) is 1.58. The fourth-order valence-corrected chi connectivity index (χ4v) is 5.08. The second-order valence-corrected chi connectivity index (χ2v) is 10.4. The van der Waals surface area contributed by atoms with E-state index in [1.165, 1.54) is 4.31 Å². The summed E-state index contributed by atoms with van der Waals surface area (Å²) in [5, 5.41) is 6.13. The van der Waals surface area contributed by atoms with Gasteiger partial charge in [-0.2, -0.15) is 4.31 Å². The molecule has 2 aromatic carbocycles. The van der Waals surface area contributed by atoms with Crippen LogP contribution in [0.2, 0.25) is 0 Å². The lowest BCUT2D eigenvalue weighted by atomic mass is 9.94. The van der Waals surface area contributed by atoms with Crippen LogP contribution in [0.3, 0.4) is 0 Å². The number of benzene rings is 2. The van der Waals surface area contributed by atoms with Gasteiger partial charge in [-0.05, 0) is 49.2 Å². The molecule has 178 valence electrons. The third-order valence-corrected chi connectivity index (χ3v) is 7.72. The monoisotopic (exact) mass is 475 g/mol. The second kappa shape index (κ2) is 9.68. The van der Waals surface area contributed by atoms with Crippen molar-refractivity contribution in [3.63, 3.8) is 0 Å². The molecule has 0 spiro atoms. The van der Waals surface area contributed by atoms with Crippen molar-refractivity contribution in [1.82, 2.24) is 14.9 Å². The number of rotatable bonds is 8. The van der Waals surface area contributed by atoms with Crippen LogP contribution >= 0.6 is 0 Å². The molecule has 0 bridgehead atoms. The molecule has 33 heavy (non-hydrogen) atoms. The highest BCUT2D eigenvalue weighted by Gasteiger charge is 2.26. The van der Waals surface area contributed by atoms with Gasteiger partial charge in [-0.1, -0.05) is 18.2 Å². The maximum absolute atomic E-state index is 12.7. The van der Waals surface area contributed by atoms with Gasteiger partial charge in [0.1, 0.15) is 0 Å². The summed E-state index contributed by atoms with van der Waals surface area (Å²) in [7, 11) is -3.53. The van der Waals surface area contributed by atoms with Crippen molar-refractivity contribution in [3.8, 4) is 11.5 Å². The van der Waals surface area contributed by atoms with Crippen molar-refractivity contribution in [2.45, 2.75) is 30.8 Å². The molecule has 2 N–H and O–H groups in total. The first-order valence-corrected chi connectivity index (χ1v) is 12.3. The minimum absolute atomic E-state index is 0.130. The van der Waals surface area contributed by atoms with Gasteiger partial charge < -0.3 is 19.5 Å². The van der Waals surface area contributed by atoms with Gasteiger partial charge in [-0.15, -0.1) is 0 Å². The molecular formula is C23H29N3O6S. The molecule has 10 heteroatoms. The summed E-state index contributed by atoms with van der Waals surface area (Å²) in [6.45, 7) is 6.16. The van der Waals surface area contributed by atoms with Gasteiger partial charge in [-0.25, -0.2) is 8.42 Å². The van der Waals surface area contributed by atoms with E-state index in [1.54, 1.807) is 24.3 Å². The quantitative estimate of drug-likeness (QED) is 0.597. The Bertz CT molecular complexity index is 1100. The van der Waals surface area contributed by atoms with Gasteiger partial charge in [0, 0.05) is 25.2 Å². The molecular weight excluding hydrogens is 446 g/mol. The molecule has 2 aromatic rings. The first kappa shape index (κ1) is 23.5. The molecule has 1 saturated heterocycles. The van der Waals surface area contributed by atoms with Crippen LogP contribution in [0.4, 0.5) is 0 Å². The number of amides is 1. The van der Waals surface area contributed by atoms with Crippen molar-refractivity contribution in [3.05, 3.63) is 53.6 Å². The average molecular weight is 476 g/mol. The zero-order chi connectivity index (χ0) is 23.5. The minimum Gasteiger partial charge on any atom is -0.454 e. The number of hydrogen-bond acceptors (Lipinski definition) is 7. The van der Waals surface area contributed by atoms with E-state index in [1.807, 2.05) is 32.0 Å². The summed E-state index contributed by atoms with van der Waals surface area (Å²) in [6, 6.07) is 12.3. The zero-order valence-electron chi connectivity index (χ0n) is 18.8. The number of fused-ring (bicyclic) bond motifs is 1. The number of nitrogens with zero attached hydrogens (tertiary/aromatic N) is 1. The molecule has 1 fully saturated rings. The molecule has 2 aliphatic heterocycles. The molecule has 2 heterocycles. The van der Waals surface area contributed by atoms with Crippen LogP contribution in [-0.4, -0.2) is 58.3 Å². The molecule has 1 amide bonds. The van der Waals surface area contributed by atoms with Gasteiger partial charge in [0.15, 0.2) is 11.5 Å². The topological polar surface area (TPSA) is 106 Å². The van der Waals surface area contributed by atoms with Crippen LogP contribution in [0.15, 0.2) is 47.4 Å². The number of ether oxygens (including phenoxy) is 3. The lowest BCUT2D eigenvalue weighted by Gasteiger charge is -2.27. The third kappa shape index (κ3) is 5.47. The van der Waals surface area contributed by atoms with Crippen molar-refractivity contribution in [1.29, 1.82) is 0 Å². The van der Waals surface area contributed by atoms with E-state index in [9.17, 15) is 13.2 Å². The van der Waals surface area contributed by atoms with E-state index in [4.69, 9.17) is 14.2 Å². The number of sulfonamides is 1. The van der Waals surface area contributed by atoms with E-state index in [0.29, 0.717) is 38.6 Å². The Labute approximate surface area is 194 Å². The number of carbonyl (C=O) groups excluding carboxylic acids is 1. The molecule has 0 aromatic heterocycles. The van der Waals surface area contributed by atoms with E-state index < -0.39 is 15.6 Å². The van der Waals surface area contributed by atoms with Gasteiger partial charge >= 0.3 is 0 Å². The van der Waals surface area contributed by atoms with E-state index >= 15 is 0 Å². The molecule has 0 unspecified atom stereocenters. The molecule has 4 rings (SSSR count). The van der Waals surface area contributed by atoms with E-state index in [2.05, 4.69) is 10.6 Å². The average Bonchev–Trinajstić information content (AvgIpc) is 3.30. The highest BCUT2D eigenvalue weighted by atomic mass is 32.2. The number of carbonyl (C=O) groups is 1. The van der Waals surface area contributed by atoms with Crippen LogP contribution in [0.25, 0.3) is 0 Å². The summed E-state index contributed by atoms with van der Waals surface area (Å²) < 4.78 is 42.8. The Morgan fingerprint density at radius 3 is 2.45 bits per heavy atom. The molecule has 0 saturated carbocycles. The molecule has 0 atom stereocenters. The number of morpholine rings is 1. The van der Waals surface area contributed by atoms with E-state index in [-0.39, 0.29) is 24.1 Å². The van der Waals surface area contributed by atoms with Crippen molar-refractivity contribution < 1.29 is 27.4 Å². The first-order valence-electron chi connectivity index (χ1n) is 10.8. The van der Waals surface area contributed by atoms with Gasteiger partial charge in [-0.3, -0.25) is 10.1 Å². The maximum Gasteiger partial charge on any atom is 0.243 e. The summed E-state index contributed by atoms with van der Waals surface area (Å²) in [4.78, 5) is 12.6. The summed E-state index contributed by atoms with van der Waals surface area (Å²) in [6.07, 6.45) is 0. The van der Waals surface area contributed by atoms with Crippen LogP contribution in [0.1, 0.15) is 25.0 Å². The largest absolute Gasteiger partial charge is 0.454 e. The lowest BCUT2D eigenvalue weighted by molar-refractivity contribution is -0.120. The fourth-order valence-electron chi connectivity index (χ4n) is 3.67. The van der Waals surface area contributed by atoms with Crippen molar-refractivity contribution in [2.75, 3.05) is 39.6 Å². The Morgan fingerprint density at radius 2 is 1.73 bits per heavy atom. The van der Waals surface area contributed by atoms with Gasteiger partial charge in [0.2, 0.25) is 22.7 Å². The van der Waals surface area contributed by atoms with Crippen LogP contribution in [0.5, 0.6) is 11.5 Å². The molecule has 9 nitrogen and oxygen atoms in total. The second-order valence-electron chi connectivity index (χ2n) is 8.48. The summed E-state index contributed by atoms with van der Waals surface area (Å²) >= 11 is 0. The SMILES string of the molecule is CC(C)(NCC(=O)NCc1ccc(S(=O)(=O)N2CCOCC2)cc1)c1ccc2c(c1)OCO2. The Balaban J connectivity index is 1.28. The third-order valence-electron chi connectivity index (χ3n) is 5.81. The van der Waals surface area contributed by atoms with Gasteiger partial charge in [0.25, 0.3) is 0 Å². The Kier molecular flexibility index (Phi) is 6.89. The Hall–Kier alpha value is -2.66. The van der Waals surface area contributed by atoms with E-state index in [0.717, 1.165) is 16.9 Å². The normalized spacial score (nSPS) is 16.5. The first-order chi connectivity index (χ1) is 15.8. The van der Waals surface area contributed by atoms with Crippen LogP contribution in [-0.2, 0) is 31.6 Å². The zero-order valence-corrected chi connectivity index (χ0v) is 19.6. The van der Waals surface area contributed by atoms with Crippen molar-refractivity contribution >= 4 is 15.9 Å². The van der Waals surface area contributed by atoms with Crippen LogP contribution in [0, 0.1) is 0 Å². The number of nitrogens with one attached hydrogen (secondary N) is 2. The standard InChI is InChI=1S/C23H29N3O6S/c1-23(2,18-5-8-20-21(13-18)32-16-31-20)25-15-22(27)24-14-17-3-6-19(7-4-17)33(28,29)26-9-11-30-12-10-26/h3-8,13,25H,9-12,14-16H2,1-2H3,(H,24,27). The number of hydrogen-bond donors (Lipinski definition) is 2. The fraction of sp³-hybridized carbons (Fsp3) is 0.435. The smallest absolute Gasteiger partial charge is 0.243 e. The molecule has 2 aliphatic rings. The van der Waals surface area contributed by atoms with Gasteiger partial charge in [0.05, 0.1) is 24.7 Å². The minimum atomic E-state index is -3.53. The van der Waals surface area contributed by atoms with Crippen LogP contribution < -0.4 is 20.1 Å². The van der Waals surface area contributed by atoms with Crippen molar-refractivity contribution in [2.24, 2.45) is 0 Å². The summed E-state index contributed by atoms with van der Waals surface area (Å²) in [5.41, 5.74) is 1.35. The summed E-state index contributed by atoms with van der Waals surface area (Å²) in [5.74, 6) is 1.26. The lowest BCUT2D eigenvalue weighted by Crippen LogP contribution is -2.43.